The Balaban J connectivity index is 1.44. The van der Waals surface area contributed by atoms with E-state index in [1.807, 2.05) is 53.1 Å². The first kappa shape index (κ1) is 24.4. The molecule has 2 N–H and O–H groups in total. The fourth-order valence-electron chi connectivity index (χ4n) is 3.74. The van der Waals surface area contributed by atoms with Crippen LogP contribution >= 0.6 is 0 Å². The van der Waals surface area contributed by atoms with Gasteiger partial charge in [0.1, 0.15) is 12.4 Å². The van der Waals surface area contributed by atoms with Crippen molar-refractivity contribution in [2.75, 3.05) is 13.2 Å². The molecular formula is C27H24F3N3O2. The molecule has 0 aliphatic heterocycles. The molecule has 0 saturated heterocycles. The predicted molar refractivity (Wildman–Crippen MR) is 129 cm³/mol. The summed E-state index contributed by atoms with van der Waals surface area (Å²) in [6.45, 7) is 1.33. The summed E-state index contributed by atoms with van der Waals surface area (Å²) in [6, 6.07) is 20.4. The lowest BCUT2D eigenvalue weighted by Gasteiger charge is -2.12. The van der Waals surface area contributed by atoms with Gasteiger partial charge in [0.2, 0.25) is 0 Å². The molecule has 3 aromatic carbocycles. The molecule has 0 radical (unpaired) electrons. The second-order valence-electron chi connectivity index (χ2n) is 8.03. The average molecular weight is 480 g/mol. The van der Waals surface area contributed by atoms with Crippen LogP contribution in [-0.4, -0.2) is 33.6 Å². The van der Waals surface area contributed by atoms with Crippen molar-refractivity contribution in [1.29, 1.82) is 0 Å². The first-order valence-corrected chi connectivity index (χ1v) is 11.1. The summed E-state index contributed by atoms with van der Waals surface area (Å²) in [7, 11) is 0. The standard InChI is InChI=1S/C27H24F3N3O2/c28-27(29,30)22-12-10-21(11-13-22)26-32-24-3-1-2-4-25(24)33(26)16-15-31-17-20-7-5-19(6-8-20)9-14-23(35)18-34/h1-14,31,34H,15-18H2/b14-9+. The van der Waals surface area contributed by atoms with Crippen LogP contribution in [0.5, 0.6) is 0 Å². The minimum Gasteiger partial charge on any atom is -0.388 e. The maximum atomic E-state index is 13.0. The highest BCUT2D eigenvalue weighted by molar-refractivity contribution is 5.94. The van der Waals surface area contributed by atoms with Gasteiger partial charge in [-0.3, -0.25) is 4.79 Å². The van der Waals surface area contributed by atoms with Gasteiger partial charge in [0, 0.05) is 25.2 Å². The number of para-hydroxylation sites is 2. The lowest BCUT2D eigenvalue weighted by molar-refractivity contribution is -0.137. The van der Waals surface area contributed by atoms with Gasteiger partial charge >= 0.3 is 6.18 Å². The van der Waals surface area contributed by atoms with Gasteiger partial charge in [-0.1, -0.05) is 54.6 Å². The van der Waals surface area contributed by atoms with Gasteiger partial charge in [0.05, 0.1) is 16.6 Å². The number of fused-ring (bicyclic) bond motifs is 1. The summed E-state index contributed by atoms with van der Waals surface area (Å²) >= 11 is 0. The Morgan fingerprint density at radius 1 is 1.00 bits per heavy atom. The summed E-state index contributed by atoms with van der Waals surface area (Å²) in [6.07, 6.45) is -1.38. The molecular weight excluding hydrogens is 455 g/mol. The van der Waals surface area contributed by atoms with Crippen molar-refractivity contribution in [3.63, 3.8) is 0 Å². The zero-order valence-corrected chi connectivity index (χ0v) is 18.8. The van der Waals surface area contributed by atoms with Crippen molar-refractivity contribution in [1.82, 2.24) is 14.9 Å². The van der Waals surface area contributed by atoms with Gasteiger partial charge in [-0.2, -0.15) is 13.2 Å². The van der Waals surface area contributed by atoms with Crippen LogP contribution in [0.15, 0.2) is 78.9 Å². The fraction of sp³-hybridized carbons (Fsp3) is 0.185. The van der Waals surface area contributed by atoms with Crippen LogP contribution in [0, 0.1) is 0 Å². The highest BCUT2D eigenvalue weighted by Gasteiger charge is 2.30. The van der Waals surface area contributed by atoms with E-state index in [9.17, 15) is 18.0 Å². The maximum absolute atomic E-state index is 13.0. The molecule has 0 unspecified atom stereocenters. The molecule has 0 bridgehead atoms. The van der Waals surface area contributed by atoms with E-state index in [0.29, 0.717) is 31.0 Å². The van der Waals surface area contributed by atoms with E-state index in [1.54, 1.807) is 6.08 Å². The average Bonchev–Trinajstić information content (AvgIpc) is 3.24. The third kappa shape index (κ3) is 6.03. The van der Waals surface area contributed by atoms with E-state index in [1.165, 1.54) is 18.2 Å². The molecule has 8 heteroatoms. The lowest BCUT2D eigenvalue weighted by Crippen LogP contribution is -2.20. The quantitative estimate of drug-likeness (QED) is 0.259. The third-order valence-corrected chi connectivity index (χ3v) is 5.56. The van der Waals surface area contributed by atoms with Crippen LogP contribution in [0.25, 0.3) is 28.5 Å². The highest BCUT2D eigenvalue weighted by atomic mass is 19.4. The molecule has 0 saturated carbocycles. The third-order valence-electron chi connectivity index (χ3n) is 5.56. The fourth-order valence-corrected chi connectivity index (χ4v) is 3.74. The molecule has 180 valence electrons. The number of alkyl halides is 3. The van der Waals surface area contributed by atoms with E-state index in [0.717, 1.165) is 34.3 Å². The summed E-state index contributed by atoms with van der Waals surface area (Å²) < 4.78 is 40.9. The topological polar surface area (TPSA) is 67.2 Å². The molecule has 0 aliphatic carbocycles. The van der Waals surface area contributed by atoms with Crippen molar-refractivity contribution in [3.8, 4) is 11.4 Å². The number of carbonyl (C=O) groups excluding carboxylic acids is 1. The Morgan fingerprint density at radius 3 is 2.40 bits per heavy atom. The molecule has 1 heterocycles. The van der Waals surface area contributed by atoms with E-state index in [4.69, 9.17) is 5.11 Å². The van der Waals surface area contributed by atoms with Crippen LogP contribution in [0.4, 0.5) is 13.2 Å². The molecule has 0 atom stereocenters. The van der Waals surface area contributed by atoms with Gasteiger partial charge in [-0.05, 0) is 41.5 Å². The molecule has 5 nitrogen and oxygen atoms in total. The number of rotatable bonds is 9. The van der Waals surface area contributed by atoms with Gasteiger partial charge < -0.3 is 15.0 Å². The smallest absolute Gasteiger partial charge is 0.388 e. The second-order valence-corrected chi connectivity index (χ2v) is 8.03. The van der Waals surface area contributed by atoms with Crippen LogP contribution < -0.4 is 5.32 Å². The molecule has 1 aromatic heterocycles. The van der Waals surface area contributed by atoms with Crippen molar-refractivity contribution < 1.29 is 23.1 Å². The van der Waals surface area contributed by atoms with Gasteiger partial charge in [-0.15, -0.1) is 0 Å². The minimum atomic E-state index is -4.38. The van der Waals surface area contributed by atoms with E-state index in [-0.39, 0.29) is 5.78 Å². The number of ketones is 1. The number of carbonyl (C=O) groups is 1. The van der Waals surface area contributed by atoms with Crippen LogP contribution in [-0.2, 0) is 24.1 Å². The normalized spacial score (nSPS) is 12.0. The first-order chi connectivity index (χ1) is 16.8. The summed E-state index contributed by atoms with van der Waals surface area (Å²) in [5, 5.41) is 12.2. The first-order valence-electron chi connectivity index (χ1n) is 11.1. The van der Waals surface area contributed by atoms with E-state index in [2.05, 4.69) is 10.3 Å². The van der Waals surface area contributed by atoms with E-state index >= 15 is 0 Å². The van der Waals surface area contributed by atoms with Gasteiger partial charge in [0.25, 0.3) is 0 Å². The number of hydrogen-bond acceptors (Lipinski definition) is 4. The number of nitrogens with zero attached hydrogens (tertiary/aromatic N) is 2. The molecule has 0 amide bonds. The van der Waals surface area contributed by atoms with Crippen molar-refractivity contribution in [3.05, 3.63) is 95.6 Å². The summed E-state index contributed by atoms with van der Waals surface area (Å²) in [5.41, 5.74) is 3.56. The second kappa shape index (κ2) is 10.7. The van der Waals surface area contributed by atoms with Crippen LogP contribution in [0.2, 0.25) is 0 Å². The number of nitrogens with one attached hydrogen (secondary N) is 1. The largest absolute Gasteiger partial charge is 0.416 e. The number of aliphatic hydroxyl groups excluding tert-OH is 1. The predicted octanol–water partition coefficient (Wildman–Crippen LogP) is 5.09. The van der Waals surface area contributed by atoms with Gasteiger partial charge in [0.15, 0.2) is 5.78 Å². The SMILES string of the molecule is O=C(/C=C/c1ccc(CNCCn2c(-c3ccc(C(F)(F)F)cc3)nc3ccccc32)cc1)CO. The Hall–Kier alpha value is -3.75. The Bertz CT molecular complexity index is 1320. The molecule has 0 spiro atoms. The molecule has 0 fully saturated rings. The minimum absolute atomic E-state index is 0.349. The Labute approximate surface area is 200 Å². The summed E-state index contributed by atoms with van der Waals surface area (Å²) in [5.74, 6) is 0.272. The van der Waals surface area contributed by atoms with Crippen molar-refractivity contribution >= 4 is 22.9 Å². The number of halogens is 3. The van der Waals surface area contributed by atoms with Crippen molar-refractivity contribution in [2.45, 2.75) is 19.3 Å². The monoisotopic (exact) mass is 479 g/mol. The summed E-state index contributed by atoms with van der Waals surface area (Å²) in [4.78, 5) is 15.8. The number of aromatic nitrogens is 2. The van der Waals surface area contributed by atoms with Gasteiger partial charge in [-0.25, -0.2) is 4.98 Å². The van der Waals surface area contributed by atoms with Crippen LogP contribution in [0.3, 0.4) is 0 Å². The van der Waals surface area contributed by atoms with E-state index < -0.39 is 18.3 Å². The zero-order valence-electron chi connectivity index (χ0n) is 18.8. The number of benzene rings is 3. The Kier molecular flexibility index (Phi) is 7.43. The molecule has 0 aliphatic rings. The molecule has 4 rings (SSSR count). The lowest BCUT2D eigenvalue weighted by atomic mass is 10.1. The number of imidazole rings is 1. The van der Waals surface area contributed by atoms with Crippen LogP contribution in [0.1, 0.15) is 16.7 Å². The number of aliphatic hydroxyl groups is 1. The maximum Gasteiger partial charge on any atom is 0.416 e. The molecule has 4 aromatic rings. The Morgan fingerprint density at radius 2 is 1.71 bits per heavy atom. The molecule has 35 heavy (non-hydrogen) atoms. The highest BCUT2D eigenvalue weighted by Crippen LogP contribution is 2.31. The zero-order chi connectivity index (χ0) is 24.8. The van der Waals surface area contributed by atoms with Crippen molar-refractivity contribution in [2.24, 2.45) is 0 Å². The number of hydrogen-bond donors (Lipinski definition) is 2.